The fourth-order valence-electron chi connectivity index (χ4n) is 2.06. The predicted molar refractivity (Wildman–Crippen MR) is 80.7 cm³/mol. The van der Waals surface area contributed by atoms with Crippen molar-refractivity contribution in [3.8, 4) is 0 Å². The molecule has 0 radical (unpaired) electrons. The Morgan fingerprint density at radius 2 is 2.14 bits per heavy atom. The fourth-order valence-corrected chi connectivity index (χ4v) is 3.03. The van der Waals surface area contributed by atoms with E-state index in [0.29, 0.717) is 12.1 Å². The summed E-state index contributed by atoms with van der Waals surface area (Å²) in [5, 5.41) is 14.7. The van der Waals surface area contributed by atoms with Gasteiger partial charge in [-0.25, -0.2) is 15.0 Å². The normalized spacial score (nSPS) is 10.7. The summed E-state index contributed by atoms with van der Waals surface area (Å²) in [7, 11) is 1.59. The van der Waals surface area contributed by atoms with Gasteiger partial charge in [0.15, 0.2) is 0 Å². The number of para-hydroxylation sites is 1. The standard InChI is InChI=1S/C13H11N5O2S/c1-14-13-12(18(19)20)9(15-7-16-13)6-11-17-8-4-2-3-5-10(8)21-11/h2-5,7H,6H2,1H3,(H,14,15,16). The van der Waals surface area contributed by atoms with Crippen LogP contribution in [0.15, 0.2) is 30.6 Å². The number of nitrogens with zero attached hydrogens (tertiary/aromatic N) is 4. The lowest BCUT2D eigenvalue weighted by molar-refractivity contribution is -0.385. The van der Waals surface area contributed by atoms with Crippen LogP contribution in [-0.4, -0.2) is 26.9 Å². The SMILES string of the molecule is CNc1ncnc(Cc2nc3ccccc3s2)c1[N+](=O)[O-]. The third-order valence-electron chi connectivity index (χ3n) is 2.97. The molecule has 3 rings (SSSR count). The van der Waals surface area contributed by atoms with E-state index < -0.39 is 4.92 Å². The summed E-state index contributed by atoms with van der Waals surface area (Å²) in [6.45, 7) is 0. The van der Waals surface area contributed by atoms with E-state index in [9.17, 15) is 10.1 Å². The number of thiazole rings is 1. The van der Waals surface area contributed by atoms with Crippen molar-refractivity contribution in [2.24, 2.45) is 0 Å². The lowest BCUT2D eigenvalue weighted by Gasteiger charge is -2.04. The largest absolute Gasteiger partial charge is 0.367 e. The number of aromatic nitrogens is 3. The zero-order valence-electron chi connectivity index (χ0n) is 11.1. The first-order valence-corrected chi connectivity index (χ1v) is 7.01. The monoisotopic (exact) mass is 301 g/mol. The molecule has 2 aromatic heterocycles. The lowest BCUT2D eigenvalue weighted by atomic mass is 10.2. The fraction of sp³-hybridized carbons (Fsp3) is 0.154. The molecule has 0 saturated carbocycles. The Morgan fingerprint density at radius 1 is 1.33 bits per heavy atom. The minimum atomic E-state index is -0.464. The van der Waals surface area contributed by atoms with Gasteiger partial charge >= 0.3 is 5.69 Å². The van der Waals surface area contributed by atoms with E-state index in [1.54, 1.807) is 7.05 Å². The number of nitrogens with one attached hydrogen (secondary N) is 1. The van der Waals surface area contributed by atoms with Gasteiger partial charge in [0.05, 0.1) is 15.1 Å². The maximum Gasteiger partial charge on any atom is 0.333 e. The van der Waals surface area contributed by atoms with Crippen LogP contribution in [0, 0.1) is 10.1 Å². The summed E-state index contributed by atoms with van der Waals surface area (Å²) in [4.78, 5) is 23.2. The van der Waals surface area contributed by atoms with E-state index in [2.05, 4.69) is 20.3 Å². The minimum Gasteiger partial charge on any atom is -0.367 e. The molecule has 2 heterocycles. The Kier molecular flexibility index (Phi) is 3.44. The van der Waals surface area contributed by atoms with Gasteiger partial charge in [0, 0.05) is 13.5 Å². The highest BCUT2D eigenvalue weighted by molar-refractivity contribution is 7.18. The molecule has 0 fully saturated rings. The first kappa shape index (κ1) is 13.4. The zero-order chi connectivity index (χ0) is 14.8. The average Bonchev–Trinajstić information content (AvgIpc) is 2.88. The third-order valence-corrected chi connectivity index (χ3v) is 4.01. The molecule has 3 aromatic rings. The second-order valence-electron chi connectivity index (χ2n) is 4.28. The molecular formula is C13H11N5O2S. The van der Waals surface area contributed by atoms with Gasteiger partial charge < -0.3 is 5.32 Å². The summed E-state index contributed by atoms with van der Waals surface area (Å²) in [6, 6.07) is 7.75. The van der Waals surface area contributed by atoms with E-state index in [1.807, 2.05) is 24.3 Å². The van der Waals surface area contributed by atoms with Gasteiger partial charge in [-0.2, -0.15) is 0 Å². The van der Waals surface area contributed by atoms with Crippen LogP contribution in [0.2, 0.25) is 0 Å². The van der Waals surface area contributed by atoms with Crippen LogP contribution in [0.25, 0.3) is 10.2 Å². The van der Waals surface area contributed by atoms with Crippen LogP contribution in [0.1, 0.15) is 10.7 Å². The molecule has 21 heavy (non-hydrogen) atoms. The molecule has 1 N–H and O–H groups in total. The van der Waals surface area contributed by atoms with Gasteiger partial charge in [-0.3, -0.25) is 10.1 Å². The Morgan fingerprint density at radius 3 is 2.86 bits per heavy atom. The molecule has 0 spiro atoms. The summed E-state index contributed by atoms with van der Waals surface area (Å²) < 4.78 is 1.05. The van der Waals surface area contributed by atoms with Gasteiger partial charge in [-0.05, 0) is 12.1 Å². The van der Waals surface area contributed by atoms with Crippen LogP contribution in [0.4, 0.5) is 11.5 Å². The predicted octanol–water partition coefficient (Wildman–Crippen LogP) is 2.63. The number of benzene rings is 1. The number of hydrogen-bond donors (Lipinski definition) is 1. The highest BCUT2D eigenvalue weighted by atomic mass is 32.1. The summed E-state index contributed by atoms with van der Waals surface area (Å²) in [5.41, 5.74) is 1.15. The molecule has 8 heteroatoms. The number of fused-ring (bicyclic) bond motifs is 1. The molecule has 7 nitrogen and oxygen atoms in total. The first-order chi connectivity index (χ1) is 10.2. The summed E-state index contributed by atoms with van der Waals surface area (Å²) in [6.07, 6.45) is 1.63. The van der Waals surface area contributed by atoms with Crippen LogP contribution in [0.3, 0.4) is 0 Å². The average molecular weight is 301 g/mol. The van der Waals surface area contributed by atoms with Crippen molar-refractivity contribution in [1.82, 2.24) is 15.0 Å². The zero-order valence-corrected chi connectivity index (χ0v) is 11.9. The van der Waals surface area contributed by atoms with E-state index >= 15 is 0 Å². The maximum absolute atomic E-state index is 11.2. The first-order valence-electron chi connectivity index (χ1n) is 6.19. The van der Waals surface area contributed by atoms with Gasteiger partial charge in [-0.1, -0.05) is 12.1 Å². The van der Waals surface area contributed by atoms with Crippen molar-refractivity contribution in [2.45, 2.75) is 6.42 Å². The lowest BCUT2D eigenvalue weighted by Crippen LogP contribution is -2.05. The van der Waals surface area contributed by atoms with E-state index in [0.717, 1.165) is 15.2 Å². The minimum absolute atomic E-state index is 0.0979. The smallest absolute Gasteiger partial charge is 0.333 e. The van der Waals surface area contributed by atoms with Crippen LogP contribution in [-0.2, 0) is 6.42 Å². The van der Waals surface area contributed by atoms with Gasteiger partial charge in [0.2, 0.25) is 5.82 Å². The molecule has 0 unspecified atom stereocenters. The van der Waals surface area contributed by atoms with Crippen molar-refractivity contribution in [3.63, 3.8) is 0 Å². The van der Waals surface area contributed by atoms with E-state index in [4.69, 9.17) is 0 Å². The maximum atomic E-state index is 11.2. The van der Waals surface area contributed by atoms with Gasteiger partial charge in [0.1, 0.15) is 17.0 Å². The van der Waals surface area contributed by atoms with Gasteiger partial charge in [0.25, 0.3) is 0 Å². The van der Waals surface area contributed by atoms with E-state index in [1.165, 1.54) is 17.7 Å². The van der Waals surface area contributed by atoms with Crippen molar-refractivity contribution in [1.29, 1.82) is 0 Å². The number of rotatable bonds is 4. The Hall–Kier alpha value is -2.61. The molecule has 1 aromatic carbocycles. The molecular weight excluding hydrogens is 290 g/mol. The van der Waals surface area contributed by atoms with Crippen LogP contribution in [0.5, 0.6) is 0 Å². The van der Waals surface area contributed by atoms with Gasteiger partial charge in [-0.15, -0.1) is 11.3 Å². The van der Waals surface area contributed by atoms with E-state index in [-0.39, 0.29) is 11.5 Å². The highest BCUT2D eigenvalue weighted by Gasteiger charge is 2.22. The Labute approximate surface area is 123 Å². The topological polar surface area (TPSA) is 93.8 Å². The van der Waals surface area contributed by atoms with Crippen molar-refractivity contribution >= 4 is 33.1 Å². The molecule has 106 valence electrons. The molecule has 0 saturated heterocycles. The number of nitro groups is 1. The molecule has 0 aliphatic heterocycles. The number of hydrogen-bond acceptors (Lipinski definition) is 7. The van der Waals surface area contributed by atoms with Crippen molar-refractivity contribution in [3.05, 3.63) is 51.4 Å². The Balaban J connectivity index is 2.03. The molecule has 0 atom stereocenters. The second kappa shape index (κ2) is 5.41. The van der Waals surface area contributed by atoms with Crippen LogP contribution < -0.4 is 5.32 Å². The number of anilines is 1. The summed E-state index contributed by atoms with van der Waals surface area (Å²) in [5.74, 6) is 0.214. The van der Waals surface area contributed by atoms with Crippen molar-refractivity contribution < 1.29 is 4.92 Å². The second-order valence-corrected chi connectivity index (χ2v) is 5.39. The Bertz CT molecular complexity index is 784. The molecule has 0 bridgehead atoms. The third kappa shape index (κ3) is 2.52. The van der Waals surface area contributed by atoms with Crippen LogP contribution >= 0.6 is 11.3 Å². The highest BCUT2D eigenvalue weighted by Crippen LogP contribution is 2.29. The molecule has 0 aliphatic rings. The quantitative estimate of drug-likeness (QED) is 0.588. The summed E-state index contributed by atoms with van der Waals surface area (Å²) >= 11 is 1.51. The van der Waals surface area contributed by atoms with Crippen molar-refractivity contribution in [2.75, 3.05) is 12.4 Å². The molecule has 0 aliphatic carbocycles. The molecule has 0 amide bonds.